The van der Waals surface area contributed by atoms with E-state index in [4.69, 9.17) is 10.8 Å². The number of carbonyl (C=O) groups excluding carboxylic acids is 2. The first kappa shape index (κ1) is 19.1. The fourth-order valence-corrected chi connectivity index (χ4v) is 2.87. The van der Waals surface area contributed by atoms with E-state index in [9.17, 15) is 9.59 Å². The summed E-state index contributed by atoms with van der Waals surface area (Å²) < 4.78 is 5.70. The summed E-state index contributed by atoms with van der Waals surface area (Å²) in [6.45, 7) is 3.25. The van der Waals surface area contributed by atoms with Crippen LogP contribution in [0, 0.1) is 24.7 Å². The third kappa shape index (κ3) is 3.46. The van der Waals surface area contributed by atoms with E-state index in [1.54, 1.807) is 34.0 Å². The molecule has 0 aromatic carbocycles. The highest BCUT2D eigenvalue weighted by molar-refractivity contribution is 5.98. The van der Waals surface area contributed by atoms with Crippen molar-refractivity contribution in [2.24, 2.45) is 14.1 Å². The van der Waals surface area contributed by atoms with Gasteiger partial charge in [0.15, 0.2) is 0 Å². The topological polar surface area (TPSA) is 140 Å². The lowest BCUT2D eigenvalue weighted by Gasteiger charge is -2.06. The van der Waals surface area contributed by atoms with Crippen molar-refractivity contribution >= 4 is 11.6 Å². The molecule has 11 heteroatoms. The van der Waals surface area contributed by atoms with Gasteiger partial charge in [0, 0.05) is 14.1 Å². The van der Waals surface area contributed by atoms with Gasteiger partial charge in [0.05, 0.1) is 13.1 Å². The Hall–Kier alpha value is -3.63. The van der Waals surface area contributed by atoms with E-state index >= 15 is 0 Å². The van der Waals surface area contributed by atoms with E-state index < -0.39 is 0 Å². The largest absolute Gasteiger partial charge is 0.290 e. The minimum Gasteiger partial charge on any atom is -0.290 e. The molecule has 0 aliphatic rings. The van der Waals surface area contributed by atoms with Gasteiger partial charge in [-0.2, -0.15) is 10.2 Å². The average molecular weight is 383 g/mol. The lowest BCUT2D eigenvalue weighted by atomic mass is 10.2. The fraction of sp³-hybridized carbons (Fsp3) is 0.353. The van der Waals surface area contributed by atoms with Crippen molar-refractivity contribution in [1.29, 1.82) is 10.8 Å². The summed E-state index contributed by atoms with van der Waals surface area (Å²) in [5.74, 6) is 0.435. The summed E-state index contributed by atoms with van der Waals surface area (Å²) >= 11 is 0. The number of ketones is 2. The number of rotatable bonds is 6. The molecule has 11 nitrogen and oxygen atoms in total. The smallest absolute Gasteiger partial charge is 0.220 e. The number of hydrogen-bond donors (Lipinski definition) is 2. The molecule has 0 aliphatic heterocycles. The van der Waals surface area contributed by atoms with E-state index in [-0.39, 0.29) is 47.3 Å². The summed E-state index contributed by atoms with van der Waals surface area (Å²) in [7, 11) is 3.26. The molecule has 3 aromatic rings. The minimum atomic E-state index is -0.323. The van der Waals surface area contributed by atoms with Crippen molar-refractivity contribution < 1.29 is 9.59 Å². The van der Waals surface area contributed by atoms with Gasteiger partial charge >= 0.3 is 0 Å². The van der Waals surface area contributed by atoms with Crippen LogP contribution in [-0.2, 0) is 27.2 Å². The number of aromatic nitrogens is 7. The van der Waals surface area contributed by atoms with Crippen LogP contribution in [0.4, 0.5) is 0 Å². The van der Waals surface area contributed by atoms with Crippen molar-refractivity contribution in [3.8, 4) is 0 Å². The molecule has 0 radical (unpaired) electrons. The minimum absolute atomic E-state index is 0.0868. The Balaban J connectivity index is 1.83. The van der Waals surface area contributed by atoms with Gasteiger partial charge in [0.25, 0.3) is 0 Å². The molecule has 3 heterocycles. The number of pyridine rings is 1. The SMILES string of the molecule is Cc1nn(C)c(=N)n1CC(=O)c1cccc(C(=O)Cn2c(C)nn(C)c2=N)n1. The normalized spacial score (nSPS) is 11.0. The molecule has 0 unspecified atom stereocenters. The molecule has 0 amide bonds. The van der Waals surface area contributed by atoms with Crippen LogP contribution < -0.4 is 11.2 Å². The third-order valence-electron chi connectivity index (χ3n) is 4.42. The maximum Gasteiger partial charge on any atom is 0.220 e. The molecular weight excluding hydrogens is 362 g/mol. The quantitative estimate of drug-likeness (QED) is 0.552. The number of hydrogen-bond acceptors (Lipinski definition) is 7. The lowest BCUT2D eigenvalue weighted by Crippen LogP contribution is -2.28. The van der Waals surface area contributed by atoms with Crippen LogP contribution in [0.3, 0.4) is 0 Å². The second-order valence-electron chi connectivity index (χ2n) is 6.42. The average Bonchev–Trinajstić information content (AvgIpc) is 3.04. The monoisotopic (exact) mass is 383 g/mol. The molecule has 0 spiro atoms. The molecule has 0 atom stereocenters. The third-order valence-corrected chi connectivity index (χ3v) is 4.42. The Bertz CT molecular complexity index is 1100. The zero-order valence-electron chi connectivity index (χ0n) is 16.1. The van der Waals surface area contributed by atoms with Gasteiger partial charge in [-0.25, -0.2) is 14.3 Å². The highest BCUT2D eigenvalue weighted by Crippen LogP contribution is 2.05. The second-order valence-corrected chi connectivity index (χ2v) is 6.42. The molecule has 0 bridgehead atoms. The summed E-state index contributed by atoms with van der Waals surface area (Å²) in [6.07, 6.45) is 0. The summed E-state index contributed by atoms with van der Waals surface area (Å²) in [5.41, 5.74) is 0.481. The first-order valence-corrected chi connectivity index (χ1v) is 8.52. The van der Waals surface area contributed by atoms with Gasteiger partial charge in [-0.1, -0.05) is 6.07 Å². The molecule has 0 saturated heterocycles. The predicted molar refractivity (Wildman–Crippen MR) is 96.5 cm³/mol. The lowest BCUT2D eigenvalue weighted by molar-refractivity contribution is 0.0960. The highest BCUT2D eigenvalue weighted by atomic mass is 16.1. The first-order chi connectivity index (χ1) is 13.2. The van der Waals surface area contributed by atoms with Crippen LogP contribution in [0.25, 0.3) is 0 Å². The van der Waals surface area contributed by atoms with E-state index in [1.165, 1.54) is 30.6 Å². The van der Waals surface area contributed by atoms with Crippen molar-refractivity contribution in [1.82, 2.24) is 33.7 Å². The number of aryl methyl sites for hydroxylation is 4. The second kappa shape index (κ2) is 7.18. The zero-order valence-corrected chi connectivity index (χ0v) is 16.1. The van der Waals surface area contributed by atoms with Crippen molar-refractivity contribution in [3.63, 3.8) is 0 Å². The van der Waals surface area contributed by atoms with E-state index in [0.717, 1.165) is 0 Å². The predicted octanol–water partition coefficient (Wildman–Crippen LogP) is -0.507. The molecule has 3 aromatic heterocycles. The first-order valence-electron chi connectivity index (χ1n) is 8.52. The highest BCUT2D eigenvalue weighted by Gasteiger charge is 2.17. The van der Waals surface area contributed by atoms with Crippen LogP contribution in [0.1, 0.15) is 32.6 Å². The summed E-state index contributed by atoms with van der Waals surface area (Å²) in [4.78, 5) is 29.4. The van der Waals surface area contributed by atoms with E-state index in [2.05, 4.69) is 15.2 Å². The van der Waals surface area contributed by atoms with Crippen LogP contribution >= 0.6 is 0 Å². The molecule has 0 fully saturated rings. The van der Waals surface area contributed by atoms with Gasteiger partial charge in [0.2, 0.25) is 22.8 Å². The Morgan fingerprint density at radius 2 is 1.25 bits per heavy atom. The number of nitrogens with one attached hydrogen (secondary N) is 2. The number of carbonyl (C=O) groups is 2. The maximum atomic E-state index is 12.6. The van der Waals surface area contributed by atoms with Gasteiger partial charge in [-0.05, 0) is 26.0 Å². The van der Waals surface area contributed by atoms with Gasteiger partial charge in [-0.3, -0.25) is 29.5 Å². The Morgan fingerprint density at radius 1 is 0.857 bits per heavy atom. The van der Waals surface area contributed by atoms with Crippen molar-refractivity contribution in [3.05, 3.63) is 52.5 Å². The molecule has 0 saturated carbocycles. The molecule has 2 N–H and O–H groups in total. The van der Waals surface area contributed by atoms with Gasteiger partial charge in [0.1, 0.15) is 23.0 Å². The molecule has 28 heavy (non-hydrogen) atoms. The van der Waals surface area contributed by atoms with Crippen molar-refractivity contribution in [2.45, 2.75) is 26.9 Å². The zero-order chi connectivity index (χ0) is 20.6. The Kier molecular flexibility index (Phi) is 4.91. The van der Waals surface area contributed by atoms with Crippen LogP contribution in [0.5, 0.6) is 0 Å². The van der Waals surface area contributed by atoms with E-state index in [0.29, 0.717) is 11.6 Å². The van der Waals surface area contributed by atoms with Crippen LogP contribution in [-0.4, -0.2) is 45.2 Å². The van der Waals surface area contributed by atoms with E-state index in [1.807, 2.05) is 0 Å². The standard InChI is InChI=1S/C17H21N9O2/c1-10-21-23(3)16(18)25(10)8-14(27)12-6-5-7-13(20-12)15(28)9-26-11(2)22-24(4)17(26)19/h5-7,18-19H,8-9H2,1-4H3. The van der Waals surface area contributed by atoms with Crippen LogP contribution in [0.15, 0.2) is 18.2 Å². The molecule has 146 valence electrons. The Morgan fingerprint density at radius 3 is 1.57 bits per heavy atom. The molecular formula is C17H21N9O2. The maximum absolute atomic E-state index is 12.6. The van der Waals surface area contributed by atoms with Gasteiger partial charge in [-0.15, -0.1) is 0 Å². The summed E-state index contributed by atoms with van der Waals surface area (Å²) in [5, 5.41) is 24.1. The number of Topliss-reactive ketones (excluding diaryl/α,β-unsaturated/α-hetero) is 2. The van der Waals surface area contributed by atoms with Gasteiger partial charge < -0.3 is 0 Å². The molecule has 3 rings (SSSR count). The molecule has 0 aliphatic carbocycles. The van der Waals surface area contributed by atoms with Crippen LogP contribution in [0.2, 0.25) is 0 Å². The fourth-order valence-electron chi connectivity index (χ4n) is 2.87. The number of nitrogens with zero attached hydrogens (tertiary/aromatic N) is 7. The van der Waals surface area contributed by atoms with Crippen molar-refractivity contribution in [2.75, 3.05) is 0 Å². The Labute approximate surface area is 159 Å². The summed E-state index contributed by atoms with van der Waals surface area (Å²) in [6, 6.07) is 4.67.